The smallest absolute Gasteiger partial charge is 0.358 e. The lowest BCUT2D eigenvalue weighted by Gasteiger charge is -2.07. The van der Waals surface area contributed by atoms with Gasteiger partial charge in [0.15, 0.2) is 0 Å². The van der Waals surface area contributed by atoms with E-state index < -0.39 is 15.7 Å². The minimum absolute atomic E-state index is 0.128. The van der Waals surface area contributed by atoms with Crippen LogP contribution in [-0.2, 0) is 16.6 Å². The molecule has 0 amide bonds. The van der Waals surface area contributed by atoms with Crippen LogP contribution in [-0.4, -0.2) is 24.8 Å². The third-order valence-corrected chi connectivity index (χ3v) is 4.92. The van der Waals surface area contributed by atoms with Crippen LogP contribution in [0.1, 0.15) is 5.56 Å². The fourth-order valence-corrected chi connectivity index (χ4v) is 3.80. The summed E-state index contributed by atoms with van der Waals surface area (Å²) in [4.78, 5) is 15.6. The second-order valence-corrected chi connectivity index (χ2v) is 7.46. The fraction of sp³-hybridized carbons (Fsp3) is 0.154. The summed E-state index contributed by atoms with van der Waals surface area (Å²) in [7, 11) is -1.04. The molecule has 2 aromatic heterocycles. The van der Waals surface area contributed by atoms with Gasteiger partial charge in [-0.15, -0.1) is 0 Å². The van der Waals surface area contributed by atoms with Crippen LogP contribution in [0.4, 0.5) is 17.3 Å². The molecule has 1 unspecified atom stereocenters. The molecule has 23 heavy (non-hydrogen) atoms. The van der Waals surface area contributed by atoms with Gasteiger partial charge in [-0.25, -0.2) is 0 Å². The van der Waals surface area contributed by atoms with Crippen LogP contribution in [0.2, 0.25) is 5.02 Å². The molecule has 2 heterocycles. The quantitative estimate of drug-likeness (QED) is 0.547. The van der Waals surface area contributed by atoms with E-state index >= 15 is 0 Å². The first kappa shape index (κ1) is 15.9. The Labute approximate surface area is 142 Å². The number of rotatable bonds is 5. The summed E-state index contributed by atoms with van der Waals surface area (Å²) < 4.78 is 12.8. The molecule has 3 rings (SSSR count). The van der Waals surface area contributed by atoms with E-state index in [1.54, 1.807) is 36.0 Å². The van der Waals surface area contributed by atoms with E-state index in [-0.39, 0.29) is 11.6 Å². The number of nitrogens with zero attached hydrogens (tertiary/aromatic N) is 3. The number of imidazole rings is 1. The number of thiazole rings is 1. The zero-order valence-electron chi connectivity index (χ0n) is 11.9. The van der Waals surface area contributed by atoms with E-state index in [0.717, 1.165) is 0 Å². The van der Waals surface area contributed by atoms with Gasteiger partial charge in [0.1, 0.15) is 6.20 Å². The van der Waals surface area contributed by atoms with E-state index in [2.05, 4.69) is 10.3 Å². The molecule has 1 atom stereocenters. The van der Waals surface area contributed by atoms with Crippen molar-refractivity contribution in [3.63, 3.8) is 0 Å². The molecule has 0 aliphatic heterocycles. The van der Waals surface area contributed by atoms with Crippen molar-refractivity contribution in [1.29, 1.82) is 0 Å². The Kier molecular flexibility index (Phi) is 4.33. The third-order valence-electron chi connectivity index (χ3n) is 3.08. The molecule has 0 aliphatic carbocycles. The zero-order chi connectivity index (χ0) is 16.6. The average Bonchev–Trinajstić information content (AvgIpc) is 3.01. The Morgan fingerprint density at radius 2 is 2.30 bits per heavy atom. The second kappa shape index (κ2) is 6.26. The van der Waals surface area contributed by atoms with Crippen molar-refractivity contribution in [2.24, 2.45) is 0 Å². The van der Waals surface area contributed by atoms with Gasteiger partial charge >= 0.3 is 5.82 Å². The van der Waals surface area contributed by atoms with E-state index in [0.29, 0.717) is 27.0 Å². The van der Waals surface area contributed by atoms with Gasteiger partial charge in [-0.2, -0.15) is 9.38 Å². The minimum Gasteiger partial charge on any atom is -0.358 e. The van der Waals surface area contributed by atoms with Crippen molar-refractivity contribution in [2.75, 3.05) is 11.6 Å². The van der Waals surface area contributed by atoms with Crippen molar-refractivity contribution in [3.05, 3.63) is 50.5 Å². The third kappa shape index (κ3) is 3.21. The summed E-state index contributed by atoms with van der Waals surface area (Å²) in [6.45, 7) is 0. The molecule has 0 radical (unpaired) electrons. The normalized spacial score (nSPS) is 12.4. The zero-order valence-corrected chi connectivity index (χ0v) is 14.2. The number of nitro groups is 1. The van der Waals surface area contributed by atoms with Crippen molar-refractivity contribution in [3.8, 4) is 0 Å². The summed E-state index contributed by atoms with van der Waals surface area (Å²) in [5.41, 5.74) is 1.31. The largest absolute Gasteiger partial charge is 0.373 e. The maximum Gasteiger partial charge on any atom is 0.373 e. The number of benzene rings is 1. The second-order valence-electron chi connectivity index (χ2n) is 4.75. The maximum atomic E-state index is 11.4. The molecule has 0 fully saturated rings. The predicted molar refractivity (Wildman–Crippen MR) is 92.2 cm³/mol. The highest BCUT2D eigenvalue weighted by Gasteiger charge is 2.23. The minimum atomic E-state index is -1.04. The van der Waals surface area contributed by atoms with E-state index in [4.69, 9.17) is 11.6 Å². The first-order chi connectivity index (χ1) is 11.0. The molecule has 0 bridgehead atoms. The Bertz CT molecular complexity index is 921. The van der Waals surface area contributed by atoms with Crippen LogP contribution in [0.15, 0.2) is 29.8 Å². The van der Waals surface area contributed by atoms with Gasteiger partial charge in [0.2, 0.25) is 5.82 Å². The van der Waals surface area contributed by atoms with Gasteiger partial charge in [0, 0.05) is 38.9 Å². The topological polar surface area (TPSA) is 89.5 Å². The standard InChI is InChI=1S/C13H11ClN4O3S2/c1-23(21)7-8-6-9(2-3-10(8)14)15-11-12(18(19)20)17-4-5-22-13(17)16-11/h2-6,15H,7H2,1H3. The molecule has 0 saturated carbocycles. The van der Waals surface area contributed by atoms with Crippen molar-refractivity contribution < 1.29 is 9.13 Å². The van der Waals surface area contributed by atoms with E-state index in [1.807, 2.05) is 0 Å². The summed E-state index contributed by atoms with van der Waals surface area (Å²) in [5.74, 6) is 0.346. The lowest BCUT2D eigenvalue weighted by molar-refractivity contribution is -0.389. The van der Waals surface area contributed by atoms with Gasteiger partial charge in [-0.1, -0.05) is 22.9 Å². The molecule has 0 spiro atoms. The SMILES string of the molecule is CS(=O)Cc1cc(Nc2nc3sccn3c2[N+](=O)[O-])ccc1Cl. The highest BCUT2D eigenvalue weighted by Crippen LogP contribution is 2.31. The number of nitrogens with one attached hydrogen (secondary N) is 1. The van der Waals surface area contributed by atoms with Gasteiger partial charge in [0.25, 0.3) is 4.96 Å². The molecule has 7 nitrogen and oxygen atoms in total. The molecule has 1 aromatic carbocycles. The Morgan fingerprint density at radius 1 is 1.52 bits per heavy atom. The van der Waals surface area contributed by atoms with Crippen LogP contribution in [0.25, 0.3) is 4.96 Å². The number of fused-ring (bicyclic) bond motifs is 1. The molecule has 10 heteroatoms. The number of hydrogen-bond donors (Lipinski definition) is 1. The Hall–Kier alpha value is -1.97. The highest BCUT2D eigenvalue weighted by molar-refractivity contribution is 7.83. The maximum absolute atomic E-state index is 11.4. The highest BCUT2D eigenvalue weighted by atomic mass is 35.5. The predicted octanol–water partition coefficient (Wildman–Crippen LogP) is 3.58. The molecule has 0 aliphatic rings. The number of hydrogen-bond acceptors (Lipinski definition) is 6. The van der Waals surface area contributed by atoms with Crippen LogP contribution in [0, 0.1) is 10.1 Å². The number of anilines is 2. The lowest BCUT2D eigenvalue weighted by atomic mass is 10.2. The van der Waals surface area contributed by atoms with E-state index in [1.165, 1.54) is 15.7 Å². The summed E-state index contributed by atoms with van der Waals surface area (Å²) in [5, 5.41) is 16.5. The first-order valence-electron chi connectivity index (χ1n) is 6.41. The van der Waals surface area contributed by atoms with Crippen LogP contribution >= 0.6 is 22.9 Å². The van der Waals surface area contributed by atoms with Crippen molar-refractivity contribution >= 4 is 56.0 Å². The lowest BCUT2D eigenvalue weighted by Crippen LogP contribution is -1.99. The van der Waals surface area contributed by atoms with Gasteiger partial charge in [-0.05, 0) is 28.7 Å². The van der Waals surface area contributed by atoms with Crippen molar-refractivity contribution in [2.45, 2.75) is 5.75 Å². The summed E-state index contributed by atoms with van der Waals surface area (Å²) in [6.07, 6.45) is 3.19. The monoisotopic (exact) mass is 370 g/mol. The number of halogens is 1. The van der Waals surface area contributed by atoms with Gasteiger partial charge in [-0.3, -0.25) is 4.21 Å². The molecule has 120 valence electrons. The first-order valence-corrected chi connectivity index (χ1v) is 9.39. The van der Waals surface area contributed by atoms with Crippen LogP contribution < -0.4 is 5.32 Å². The summed E-state index contributed by atoms with van der Waals surface area (Å²) in [6, 6.07) is 5.08. The summed E-state index contributed by atoms with van der Waals surface area (Å²) >= 11 is 7.39. The van der Waals surface area contributed by atoms with E-state index in [9.17, 15) is 14.3 Å². The molecule has 0 saturated heterocycles. The average molecular weight is 371 g/mol. The molecule has 1 N–H and O–H groups in total. The van der Waals surface area contributed by atoms with Crippen molar-refractivity contribution in [1.82, 2.24) is 9.38 Å². The Balaban J connectivity index is 1.99. The van der Waals surface area contributed by atoms with Gasteiger partial charge < -0.3 is 15.4 Å². The number of aromatic nitrogens is 2. The molecule has 3 aromatic rings. The Morgan fingerprint density at radius 3 is 3.00 bits per heavy atom. The molecular formula is C13H11ClN4O3S2. The fourth-order valence-electron chi connectivity index (χ4n) is 2.15. The molecular weight excluding hydrogens is 360 g/mol. The van der Waals surface area contributed by atoms with Gasteiger partial charge in [0.05, 0.1) is 0 Å². The van der Waals surface area contributed by atoms with Crippen LogP contribution in [0.5, 0.6) is 0 Å². The van der Waals surface area contributed by atoms with Crippen LogP contribution in [0.3, 0.4) is 0 Å².